The lowest BCUT2D eigenvalue weighted by Gasteiger charge is -2.30. The third kappa shape index (κ3) is 4.54. The third-order valence-corrected chi connectivity index (χ3v) is 7.60. The van der Waals surface area contributed by atoms with Gasteiger partial charge in [0.25, 0.3) is 0 Å². The van der Waals surface area contributed by atoms with Crippen LogP contribution in [0.15, 0.2) is 47.0 Å². The van der Waals surface area contributed by atoms with Crippen LogP contribution in [0.4, 0.5) is 14.6 Å². The smallest absolute Gasteiger partial charge is 0.244 e. The lowest BCUT2D eigenvalue weighted by Crippen LogP contribution is -2.35. The first-order valence-electron chi connectivity index (χ1n) is 10.3. The van der Waals surface area contributed by atoms with Crippen molar-refractivity contribution in [2.75, 3.05) is 31.1 Å². The summed E-state index contributed by atoms with van der Waals surface area (Å²) in [6.07, 6.45) is 7.80. The molecular weight excluding hydrogens is 408 g/mol. The molecule has 2 aromatic rings. The first-order chi connectivity index (χ1) is 14.4. The molecule has 0 aliphatic carbocycles. The number of halogens is 2. The summed E-state index contributed by atoms with van der Waals surface area (Å²) in [5.74, 6) is -0.936. The maximum Gasteiger partial charge on any atom is 0.244 e. The van der Waals surface area contributed by atoms with E-state index in [1.54, 1.807) is 22.5 Å². The molecule has 0 bridgehead atoms. The summed E-state index contributed by atoms with van der Waals surface area (Å²) in [5.41, 5.74) is 1.82. The van der Waals surface area contributed by atoms with Crippen molar-refractivity contribution in [1.82, 2.24) is 9.29 Å². The van der Waals surface area contributed by atoms with Crippen molar-refractivity contribution in [2.45, 2.75) is 37.0 Å². The molecule has 5 nitrogen and oxygen atoms in total. The highest BCUT2D eigenvalue weighted by Crippen LogP contribution is 2.26. The second-order valence-corrected chi connectivity index (χ2v) is 9.72. The van der Waals surface area contributed by atoms with E-state index in [1.807, 2.05) is 6.08 Å². The number of hydrogen-bond acceptors (Lipinski definition) is 4. The number of hydrogen-bond donors (Lipinski definition) is 0. The predicted octanol–water partition coefficient (Wildman–Crippen LogP) is 4.22. The number of anilines is 1. The quantitative estimate of drug-likeness (QED) is 0.725. The van der Waals surface area contributed by atoms with E-state index >= 15 is 0 Å². The van der Waals surface area contributed by atoms with Crippen molar-refractivity contribution in [3.05, 3.63) is 59.3 Å². The average molecular weight is 434 g/mol. The largest absolute Gasteiger partial charge is 0.356 e. The van der Waals surface area contributed by atoms with E-state index < -0.39 is 21.7 Å². The first kappa shape index (κ1) is 20.9. The zero-order valence-corrected chi connectivity index (χ0v) is 17.5. The van der Waals surface area contributed by atoms with Gasteiger partial charge in [-0.15, -0.1) is 0 Å². The molecule has 0 radical (unpaired) electrons. The minimum atomic E-state index is -3.47. The van der Waals surface area contributed by atoms with Crippen molar-refractivity contribution >= 4 is 21.9 Å². The van der Waals surface area contributed by atoms with Gasteiger partial charge in [-0.1, -0.05) is 24.1 Å². The topological polar surface area (TPSA) is 53.5 Å². The summed E-state index contributed by atoms with van der Waals surface area (Å²) in [5, 5.41) is 0. The summed E-state index contributed by atoms with van der Waals surface area (Å²) in [7, 11) is -3.47. The van der Waals surface area contributed by atoms with Gasteiger partial charge in [0.15, 0.2) is 11.6 Å². The van der Waals surface area contributed by atoms with Crippen LogP contribution in [-0.4, -0.2) is 43.9 Å². The second kappa shape index (κ2) is 8.81. The van der Waals surface area contributed by atoms with Gasteiger partial charge in [-0.25, -0.2) is 22.2 Å². The highest BCUT2D eigenvalue weighted by Gasteiger charge is 2.26. The monoisotopic (exact) mass is 433 g/mol. The Balaban J connectivity index is 1.40. The van der Waals surface area contributed by atoms with Crippen molar-refractivity contribution in [2.24, 2.45) is 0 Å². The zero-order chi connectivity index (χ0) is 21.1. The number of aromatic nitrogens is 1. The Morgan fingerprint density at radius 2 is 1.63 bits per heavy atom. The van der Waals surface area contributed by atoms with Gasteiger partial charge in [0, 0.05) is 32.4 Å². The molecule has 1 aromatic heterocycles. The lowest BCUT2D eigenvalue weighted by atomic mass is 10.0. The van der Waals surface area contributed by atoms with Crippen molar-refractivity contribution < 1.29 is 17.2 Å². The van der Waals surface area contributed by atoms with Gasteiger partial charge in [0.2, 0.25) is 10.0 Å². The molecule has 1 aromatic carbocycles. The molecule has 0 N–H and O–H groups in total. The Labute approximate surface area is 176 Å². The number of sulfonamides is 1. The van der Waals surface area contributed by atoms with Crippen molar-refractivity contribution in [3.63, 3.8) is 0 Å². The van der Waals surface area contributed by atoms with Crippen LogP contribution >= 0.6 is 0 Å². The molecule has 0 amide bonds. The molecule has 2 saturated heterocycles. The first-order valence-corrected chi connectivity index (χ1v) is 11.7. The van der Waals surface area contributed by atoms with Crippen LogP contribution in [0, 0.1) is 11.6 Å². The highest BCUT2D eigenvalue weighted by atomic mass is 32.2. The van der Waals surface area contributed by atoms with E-state index in [0.29, 0.717) is 18.7 Å². The fourth-order valence-electron chi connectivity index (χ4n) is 3.97. The minimum Gasteiger partial charge on any atom is -0.356 e. The van der Waals surface area contributed by atoms with Gasteiger partial charge in [-0.3, -0.25) is 0 Å². The fourth-order valence-corrected chi connectivity index (χ4v) is 5.43. The molecule has 0 saturated carbocycles. The van der Waals surface area contributed by atoms with Crippen molar-refractivity contribution in [3.8, 4) is 0 Å². The summed E-state index contributed by atoms with van der Waals surface area (Å²) in [4.78, 5) is 6.75. The second-order valence-electron chi connectivity index (χ2n) is 7.78. The van der Waals surface area contributed by atoms with Crippen LogP contribution in [0.1, 0.15) is 37.7 Å². The molecule has 0 unspecified atom stereocenters. The number of benzene rings is 1. The van der Waals surface area contributed by atoms with E-state index in [0.717, 1.165) is 57.1 Å². The molecule has 4 rings (SSSR count). The van der Waals surface area contributed by atoms with Gasteiger partial charge in [-0.05, 0) is 55.5 Å². The van der Waals surface area contributed by atoms with Crippen LogP contribution in [0.5, 0.6) is 0 Å². The maximum absolute atomic E-state index is 13.4. The molecule has 0 spiro atoms. The number of piperidine rings is 2. The Hall–Kier alpha value is -2.32. The maximum atomic E-state index is 13.4. The molecule has 160 valence electrons. The lowest BCUT2D eigenvalue weighted by molar-refractivity contribution is 0.346. The molecule has 0 atom stereocenters. The number of rotatable bonds is 4. The van der Waals surface area contributed by atoms with E-state index in [-0.39, 0.29) is 4.90 Å². The molecule has 3 heterocycles. The van der Waals surface area contributed by atoms with E-state index in [4.69, 9.17) is 0 Å². The normalized spacial score (nSPS) is 18.5. The van der Waals surface area contributed by atoms with E-state index in [1.165, 1.54) is 17.8 Å². The molecule has 2 fully saturated rings. The highest BCUT2D eigenvalue weighted by molar-refractivity contribution is 7.89. The Kier molecular flexibility index (Phi) is 6.15. The van der Waals surface area contributed by atoms with Crippen LogP contribution in [0.25, 0.3) is 6.08 Å². The molecule has 8 heteroatoms. The minimum absolute atomic E-state index is 0.240. The molecule has 2 aliphatic heterocycles. The summed E-state index contributed by atoms with van der Waals surface area (Å²) < 4.78 is 53.5. The van der Waals surface area contributed by atoms with Gasteiger partial charge in [-0.2, -0.15) is 4.31 Å². The molecule has 30 heavy (non-hydrogen) atoms. The average Bonchev–Trinajstić information content (AvgIpc) is 2.77. The Morgan fingerprint density at radius 3 is 2.27 bits per heavy atom. The molecular formula is C22H25F2N3O2S. The van der Waals surface area contributed by atoms with Gasteiger partial charge >= 0.3 is 0 Å². The predicted molar refractivity (Wildman–Crippen MR) is 113 cm³/mol. The third-order valence-electron chi connectivity index (χ3n) is 5.72. The Bertz CT molecular complexity index is 1020. The fraction of sp³-hybridized carbons (Fsp3) is 0.409. The summed E-state index contributed by atoms with van der Waals surface area (Å²) in [6, 6.07) is 7.32. The van der Waals surface area contributed by atoms with E-state index in [2.05, 4.69) is 9.88 Å². The molecule has 2 aliphatic rings. The van der Waals surface area contributed by atoms with Gasteiger partial charge < -0.3 is 4.90 Å². The van der Waals surface area contributed by atoms with Crippen LogP contribution in [0.3, 0.4) is 0 Å². The summed E-state index contributed by atoms with van der Waals surface area (Å²) in [6.45, 7) is 2.62. The van der Waals surface area contributed by atoms with Crippen LogP contribution in [-0.2, 0) is 10.0 Å². The van der Waals surface area contributed by atoms with Gasteiger partial charge in [0.05, 0.1) is 0 Å². The van der Waals surface area contributed by atoms with E-state index in [9.17, 15) is 17.2 Å². The number of nitrogens with zero attached hydrogens (tertiary/aromatic N) is 3. The zero-order valence-electron chi connectivity index (χ0n) is 16.7. The van der Waals surface area contributed by atoms with Crippen molar-refractivity contribution in [1.29, 1.82) is 0 Å². The number of pyridine rings is 1. The van der Waals surface area contributed by atoms with Crippen LogP contribution < -0.4 is 4.90 Å². The SMILES string of the molecule is O=S(=O)(c1ccc(N2CCC(=Cc3ccc(F)c(F)c3)CC2)nc1)N1CCCCC1. The Morgan fingerprint density at radius 1 is 0.900 bits per heavy atom. The standard InChI is InChI=1S/C22H25F2N3O2S/c23-20-6-4-18(15-21(20)24)14-17-8-12-26(13-9-17)22-7-5-19(16-25-22)30(28,29)27-10-2-1-3-11-27/h4-7,14-16H,1-3,8-13H2. The summed E-state index contributed by atoms with van der Waals surface area (Å²) >= 11 is 0. The van der Waals surface area contributed by atoms with Crippen LogP contribution in [0.2, 0.25) is 0 Å². The van der Waals surface area contributed by atoms with Gasteiger partial charge in [0.1, 0.15) is 10.7 Å².